The Morgan fingerprint density at radius 1 is 1.16 bits per heavy atom. The Morgan fingerprint density at radius 2 is 2.00 bits per heavy atom. The van der Waals surface area contributed by atoms with E-state index in [1.54, 1.807) is 30.9 Å². The molecule has 0 saturated heterocycles. The first kappa shape index (κ1) is 23.4. The number of aromatic nitrogens is 5. The number of methoxy groups -OCH3 is 1. The van der Waals surface area contributed by atoms with Gasteiger partial charge in [0.25, 0.3) is 5.56 Å². The largest absolute Gasteiger partial charge is 0.468 e. The van der Waals surface area contributed by atoms with Crippen LogP contribution in [0.2, 0.25) is 0 Å². The van der Waals surface area contributed by atoms with E-state index in [1.165, 1.54) is 18.2 Å². The molecule has 4 heterocycles. The monoisotopic (exact) mass is 499 g/mol. The van der Waals surface area contributed by atoms with Gasteiger partial charge in [0.1, 0.15) is 10.8 Å². The minimum atomic E-state index is -0.956. The Kier molecular flexibility index (Phi) is 5.56. The van der Waals surface area contributed by atoms with Crippen molar-refractivity contribution in [3.63, 3.8) is 0 Å². The fourth-order valence-corrected chi connectivity index (χ4v) is 4.89. The minimum Gasteiger partial charge on any atom is -0.468 e. The topological polar surface area (TPSA) is 116 Å². The van der Waals surface area contributed by atoms with E-state index in [4.69, 9.17) is 9.72 Å². The van der Waals surface area contributed by atoms with Gasteiger partial charge in [-0.2, -0.15) is 4.98 Å². The number of fused-ring (bicyclic) bond motifs is 2. The van der Waals surface area contributed by atoms with Crippen molar-refractivity contribution in [1.29, 1.82) is 0 Å². The molecule has 4 aromatic rings. The number of hydrogen-bond acceptors (Lipinski definition) is 8. The van der Waals surface area contributed by atoms with Crippen LogP contribution in [0.3, 0.4) is 0 Å². The third kappa shape index (κ3) is 4.07. The molecule has 2 N–H and O–H groups in total. The molecule has 190 valence electrons. The molecule has 1 aliphatic heterocycles. The van der Waals surface area contributed by atoms with E-state index in [-0.39, 0.29) is 17.6 Å². The minimum absolute atomic E-state index is 0.0950. The zero-order chi connectivity index (χ0) is 25.7. The number of carbonyl (C=O) groups is 1. The van der Waals surface area contributed by atoms with Gasteiger partial charge in [0.05, 0.1) is 24.5 Å². The lowest BCUT2D eigenvalue weighted by atomic mass is 9.89. The molecule has 37 heavy (non-hydrogen) atoms. The predicted octanol–water partition coefficient (Wildman–Crippen LogP) is 3.15. The number of nitrogens with zero attached hydrogens (tertiary/aromatic N) is 5. The van der Waals surface area contributed by atoms with Crippen LogP contribution < -0.4 is 16.2 Å². The van der Waals surface area contributed by atoms with Crippen LogP contribution in [0.25, 0.3) is 16.7 Å². The Balaban J connectivity index is 1.45. The molecule has 6 rings (SSSR count). The summed E-state index contributed by atoms with van der Waals surface area (Å²) >= 11 is 0. The zero-order valence-electron chi connectivity index (χ0n) is 21.1. The number of hydrogen-bond donors (Lipinski definition) is 2. The van der Waals surface area contributed by atoms with Crippen molar-refractivity contribution in [1.82, 2.24) is 29.6 Å². The number of ether oxygens (including phenoxy) is 1. The molecular formula is C27H29N7O3. The summed E-state index contributed by atoms with van der Waals surface area (Å²) in [5, 5.41) is 7.15. The van der Waals surface area contributed by atoms with E-state index in [9.17, 15) is 9.59 Å². The van der Waals surface area contributed by atoms with Gasteiger partial charge in [-0.15, -0.1) is 0 Å². The van der Waals surface area contributed by atoms with E-state index < -0.39 is 5.41 Å². The van der Waals surface area contributed by atoms with Crippen molar-refractivity contribution in [3.05, 3.63) is 69.9 Å². The number of anilines is 2. The van der Waals surface area contributed by atoms with E-state index in [0.29, 0.717) is 28.4 Å². The highest BCUT2D eigenvalue weighted by atomic mass is 16.5. The summed E-state index contributed by atoms with van der Waals surface area (Å²) < 4.78 is 8.58. The van der Waals surface area contributed by atoms with Crippen LogP contribution in [0.1, 0.15) is 49.6 Å². The summed E-state index contributed by atoms with van der Waals surface area (Å²) in [7, 11) is 1.36. The van der Waals surface area contributed by atoms with Gasteiger partial charge in [0, 0.05) is 24.6 Å². The molecule has 1 aliphatic carbocycles. The van der Waals surface area contributed by atoms with Crippen molar-refractivity contribution in [3.8, 4) is 5.69 Å². The second-order valence-electron chi connectivity index (χ2n) is 10.2. The predicted molar refractivity (Wildman–Crippen MR) is 139 cm³/mol. The lowest BCUT2D eigenvalue weighted by Crippen LogP contribution is -2.31. The van der Waals surface area contributed by atoms with Crippen LogP contribution in [0.4, 0.5) is 11.6 Å². The van der Waals surface area contributed by atoms with E-state index in [0.717, 1.165) is 38.0 Å². The maximum Gasteiger partial charge on any atom is 0.317 e. The van der Waals surface area contributed by atoms with Crippen molar-refractivity contribution in [2.45, 2.75) is 51.1 Å². The van der Waals surface area contributed by atoms with Crippen molar-refractivity contribution in [2.75, 3.05) is 19.0 Å². The number of rotatable bonds is 6. The van der Waals surface area contributed by atoms with Crippen molar-refractivity contribution in [2.24, 2.45) is 0 Å². The number of nitrogens with one attached hydrogen (secondary N) is 2. The first-order valence-corrected chi connectivity index (χ1v) is 12.5. The fourth-order valence-electron chi connectivity index (χ4n) is 4.89. The quantitative estimate of drug-likeness (QED) is 0.389. The average molecular weight is 500 g/mol. The van der Waals surface area contributed by atoms with Crippen molar-refractivity contribution < 1.29 is 9.53 Å². The van der Waals surface area contributed by atoms with Crippen LogP contribution >= 0.6 is 0 Å². The highest BCUT2D eigenvalue weighted by Crippen LogP contribution is 2.36. The molecule has 0 amide bonds. The summed E-state index contributed by atoms with van der Waals surface area (Å²) in [4.78, 5) is 39.5. The number of carbonyl (C=O) groups excluding carboxylic acids is 1. The highest BCUT2D eigenvalue weighted by Gasteiger charge is 2.34. The first-order valence-electron chi connectivity index (χ1n) is 12.5. The van der Waals surface area contributed by atoms with Crippen molar-refractivity contribution >= 4 is 28.6 Å². The van der Waals surface area contributed by atoms with Gasteiger partial charge in [-0.1, -0.05) is 6.07 Å². The third-order valence-electron chi connectivity index (χ3n) is 7.19. The van der Waals surface area contributed by atoms with E-state index in [2.05, 4.69) is 32.7 Å². The second-order valence-corrected chi connectivity index (χ2v) is 10.2. The summed E-state index contributed by atoms with van der Waals surface area (Å²) in [6.07, 6.45) is 6.05. The molecule has 10 heteroatoms. The molecule has 1 aromatic carbocycles. The highest BCUT2D eigenvalue weighted by molar-refractivity contribution is 5.82. The maximum atomic E-state index is 13.4. The lowest BCUT2D eigenvalue weighted by Gasteiger charge is -2.22. The molecule has 3 aromatic heterocycles. The molecule has 2 aliphatic rings. The van der Waals surface area contributed by atoms with Gasteiger partial charge in [-0.25, -0.2) is 14.3 Å². The van der Waals surface area contributed by atoms with Crippen LogP contribution in [-0.2, 0) is 27.9 Å². The third-order valence-corrected chi connectivity index (χ3v) is 7.19. The number of pyridine rings is 1. The molecule has 0 spiro atoms. The number of esters is 1. The zero-order valence-corrected chi connectivity index (χ0v) is 21.1. The summed E-state index contributed by atoms with van der Waals surface area (Å²) in [6.45, 7) is 5.37. The Hall–Kier alpha value is -4.05. The van der Waals surface area contributed by atoms with Gasteiger partial charge >= 0.3 is 5.97 Å². The smallest absolute Gasteiger partial charge is 0.317 e. The van der Waals surface area contributed by atoms with Crippen LogP contribution in [0.15, 0.2) is 47.5 Å². The molecule has 0 radical (unpaired) electrons. The van der Waals surface area contributed by atoms with Gasteiger partial charge in [-0.3, -0.25) is 14.6 Å². The normalized spacial score (nSPS) is 15.4. The van der Waals surface area contributed by atoms with Gasteiger partial charge < -0.3 is 15.4 Å². The summed E-state index contributed by atoms with van der Waals surface area (Å²) in [6, 6.07) is 10.0. The second kappa shape index (κ2) is 8.81. The van der Waals surface area contributed by atoms with Crippen LogP contribution in [0, 0.1) is 0 Å². The molecular weight excluding hydrogens is 470 g/mol. The number of benzene rings is 1. The Morgan fingerprint density at radius 3 is 2.78 bits per heavy atom. The summed E-state index contributed by atoms with van der Waals surface area (Å²) in [5.74, 6) is 0.0241. The molecule has 1 fully saturated rings. The van der Waals surface area contributed by atoms with Gasteiger partial charge in [0.2, 0.25) is 5.95 Å². The van der Waals surface area contributed by atoms with Crippen LogP contribution in [-0.4, -0.2) is 43.9 Å². The van der Waals surface area contributed by atoms with Crippen LogP contribution in [0.5, 0.6) is 0 Å². The molecule has 10 nitrogen and oxygen atoms in total. The molecule has 0 unspecified atom stereocenters. The Bertz CT molecular complexity index is 1580. The molecule has 0 bridgehead atoms. The maximum absolute atomic E-state index is 13.4. The van der Waals surface area contributed by atoms with Gasteiger partial charge in [-0.05, 0) is 75.0 Å². The van der Waals surface area contributed by atoms with E-state index in [1.807, 2.05) is 22.9 Å². The molecule has 1 saturated carbocycles. The molecule has 0 atom stereocenters. The fraction of sp³-hybridized carbons (Fsp3) is 0.370. The summed E-state index contributed by atoms with van der Waals surface area (Å²) in [5.41, 5.74) is 4.17. The van der Waals surface area contributed by atoms with E-state index >= 15 is 0 Å². The first-order chi connectivity index (χ1) is 17.9. The van der Waals surface area contributed by atoms with Gasteiger partial charge in [0.15, 0.2) is 5.65 Å². The average Bonchev–Trinajstić information content (AvgIpc) is 3.71. The Labute approximate surface area is 213 Å². The SMILES string of the molecule is COC(=O)C(C)(C)c1cc(-n2c3nc(Nc4ccc5c(c4)CCNC5)ncc3c(=O)n2C2CC2)ccn1. The standard InChI is InChI=1S/C27H29N7O3/c1-27(2,25(36)37-3)22-13-20(9-11-29-22)33-23-21(24(35)34(33)19-6-7-19)15-30-26(32-23)31-18-5-4-17-14-28-10-8-16(17)12-18/h4-5,9,11-13,15,19,28H,6-8,10,14H2,1-3H3,(H,30,31,32). The lowest BCUT2D eigenvalue weighted by molar-refractivity contribution is -0.146.